The first-order valence-corrected chi connectivity index (χ1v) is 7.40. The minimum absolute atomic E-state index is 0.348. The number of anilines is 2. The number of halogens is 1. The van der Waals surface area contributed by atoms with Crippen LogP contribution in [0, 0.1) is 0 Å². The fourth-order valence-corrected chi connectivity index (χ4v) is 2.80. The van der Waals surface area contributed by atoms with E-state index in [1.165, 1.54) is 0 Å². The van der Waals surface area contributed by atoms with Gasteiger partial charge in [-0.1, -0.05) is 24.4 Å². The number of rotatable bonds is 5. The first kappa shape index (κ1) is 14.8. The van der Waals surface area contributed by atoms with Crippen LogP contribution in [-0.2, 0) is 0 Å². The summed E-state index contributed by atoms with van der Waals surface area (Å²) in [4.78, 5) is 0.348. The Kier molecular flexibility index (Phi) is 4.98. The van der Waals surface area contributed by atoms with Crippen molar-refractivity contribution in [1.82, 2.24) is 0 Å². The maximum absolute atomic E-state index is 5.78. The van der Waals surface area contributed by atoms with Gasteiger partial charge in [-0.05, 0) is 47.1 Å². The number of hydrogen-bond acceptors (Lipinski definition) is 3. The molecule has 2 rings (SSSR count). The average molecular weight is 351 g/mol. The van der Waals surface area contributed by atoms with Crippen molar-refractivity contribution in [3.05, 3.63) is 52.5 Å². The van der Waals surface area contributed by atoms with E-state index in [9.17, 15) is 0 Å². The molecule has 0 heterocycles. The van der Waals surface area contributed by atoms with Crippen molar-refractivity contribution in [3.63, 3.8) is 0 Å². The maximum atomic E-state index is 5.78. The van der Waals surface area contributed by atoms with Gasteiger partial charge < -0.3 is 15.8 Å². The molecule has 0 amide bonds. The van der Waals surface area contributed by atoms with Crippen molar-refractivity contribution in [3.8, 4) is 5.75 Å². The van der Waals surface area contributed by atoms with Crippen molar-refractivity contribution in [1.29, 1.82) is 0 Å². The zero-order chi connectivity index (χ0) is 14.5. The first-order chi connectivity index (χ1) is 9.61. The van der Waals surface area contributed by atoms with E-state index in [2.05, 4.69) is 21.2 Å². The third-order valence-electron chi connectivity index (χ3n) is 2.68. The summed E-state index contributed by atoms with van der Waals surface area (Å²) in [5, 5.41) is 3.32. The van der Waals surface area contributed by atoms with E-state index in [4.69, 9.17) is 22.7 Å². The molecule has 5 heteroatoms. The van der Waals surface area contributed by atoms with Gasteiger partial charge in [-0.25, -0.2) is 0 Å². The van der Waals surface area contributed by atoms with Crippen molar-refractivity contribution in [2.45, 2.75) is 6.92 Å². The summed E-state index contributed by atoms with van der Waals surface area (Å²) in [6.07, 6.45) is 0. The van der Waals surface area contributed by atoms with E-state index in [1.54, 1.807) is 0 Å². The molecule has 3 N–H and O–H groups in total. The third-order valence-corrected chi connectivity index (χ3v) is 3.55. The standard InChI is InChI=1S/C15H15BrN2OS/c1-2-19-11-6-3-5-10(9-11)18-13-8-4-7-12(16)14(13)15(17)20/h3-9,18H,2H2,1H3,(H2,17,20). The van der Waals surface area contributed by atoms with Crippen LogP contribution >= 0.6 is 28.1 Å². The highest BCUT2D eigenvalue weighted by Crippen LogP contribution is 2.28. The van der Waals surface area contributed by atoms with Gasteiger partial charge in [0.25, 0.3) is 0 Å². The van der Waals surface area contributed by atoms with Crippen LogP contribution in [0.15, 0.2) is 46.9 Å². The Hall–Kier alpha value is -1.59. The zero-order valence-electron chi connectivity index (χ0n) is 11.0. The lowest BCUT2D eigenvalue weighted by Gasteiger charge is -2.13. The smallest absolute Gasteiger partial charge is 0.121 e. The van der Waals surface area contributed by atoms with Gasteiger partial charge in [-0.3, -0.25) is 0 Å². The van der Waals surface area contributed by atoms with Crippen molar-refractivity contribution in [2.24, 2.45) is 5.73 Å². The Morgan fingerprint density at radius 1 is 1.30 bits per heavy atom. The van der Waals surface area contributed by atoms with E-state index in [-0.39, 0.29) is 0 Å². The molecule has 0 bridgehead atoms. The SMILES string of the molecule is CCOc1cccc(Nc2cccc(Br)c2C(N)=S)c1. The molecule has 2 aromatic rings. The average Bonchev–Trinajstić information content (AvgIpc) is 2.39. The number of benzene rings is 2. The maximum Gasteiger partial charge on any atom is 0.121 e. The highest BCUT2D eigenvalue weighted by Gasteiger charge is 2.09. The second kappa shape index (κ2) is 6.72. The lowest BCUT2D eigenvalue weighted by atomic mass is 10.1. The molecule has 0 aliphatic carbocycles. The van der Waals surface area contributed by atoms with Gasteiger partial charge >= 0.3 is 0 Å². The summed E-state index contributed by atoms with van der Waals surface area (Å²) < 4.78 is 6.36. The van der Waals surface area contributed by atoms with E-state index < -0.39 is 0 Å². The van der Waals surface area contributed by atoms with Crippen molar-refractivity contribution >= 4 is 44.5 Å². The summed E-state index contributed by atoms with van der Waals surface area (Å²) in [5.74, 6) is 0.823. The van der Waals surface area contributed by atoms with Gasteiger partial charge in [0.2, 0.25) is 0 Å². The molecule has 0 saturated carbocycles. The molecule has 104 valence electrons. The molecule has 0 atom stereocenters. The molecule has 0 fully saturated rings. The largest absolute Gasteiger partial charge is 0.494 e. The lowest BCUT2D eigenvalue weighted by molar-refractivity contribution is 0.340. The highest BCUT2D eigenvalue weighted by atomic mass is 79.9. The number of thiocarbonyl (C=S) groups is 1. The van der Waals surface area contributed by atoms with Crippen LogP contribution in [0.3, 0.4) is 0 Å². The van der Waals surface area contributed by atoms with Gasteiger partial charge in [0, 0.05) is 27.5 Å². The molecule has 0 aromatic heterocycles. The van der Waals surface area contributed by atoms with E-state index >= 15 is 0 Å². The topological polar surface area (TPSA) is 47.3 Å². The number of ether oxygens (including phenoxy) is 1. The predicted octanol–water partition coefficient (Wildman–Crippen LogP) is 4.23. The monoisotopic (exact) mass is 350 g/mol. The lowest BCUT2D eigenvalue weighted by Crippen LogP contribution is -2.12. The Morgan fingerprint density at radius 3 is 2.75 bits per heavy atom. The summed E-state index contributed by atoms with van der Waals surface area (Å²) >= 11 is 8.57. The molecule has 0 aliphatic heterocycles. The summed E-state index contributed by atoms with van der Waals surface area (Å²) in [5.41, 5.74) is 8.36. The van der Waals surface area contributed by atoms with Gasteiger partial charge in [0.1, 0.15) is 10.7 Å². The highest BCUT2D eigenvalue weighted by molar-refractivity contribution is 9.10. The van der Waals surface area contributed by atoms with Gasteiger partial charge in [0.05, 0.1) is 6.61 Å². The minimum Gasteiger partial charge on any atom is -0.494 e. The second-order valence-corrected chi connectivity index (χ2v) is 5.41. The Labute approximate surface area is 132 Å². The molecule has 0 aliphatic rings. The molecule has 0 radical (unpaired) electrons. The normalized spacial score (nSPS) is 10.1. The second-order valence-electron chi connectivity index (χ2n) is 4.11. The van der Waals surface area contributed by atoms with Crippen LogP contribution in [-0.4, -0.2) is 11.6 Å². The van der Waals surface area contributed by atoms with Gasteiger partial charge in [0.15, 0.2) is 0 Å². The predicted molar refractivity (Wildman–Crippen MR) is 90.9 cm³/mol. The fourth-order valence-electron chi connectivity index (χ4n) is 1.86. The Balaban J connectivity index is 2.32. The Bertz CT molecular complexity index is 631. The minimum atomic E-state index is 0.348. The summed E-state index contributed by atoms with van der Waals surface area (Å²) in [6.45, 7) is 2.60. The molecule has 0 spiro atoms. The van der Waals surface area contributed by atoms with Crippen LogP contribution in [0.5, 0.6) is 5.75 Å². The van der Waals surface area contributed by atoms with Crippen molar-refractivity contribution in [2.75, 3.05) is 11.9 Å². The number of hydrogen-bond donors (Lipinski definition) is 2. The molecule has 0 saturated heterocycles. The van der Waals surface area contributed by atoms with E-state index in [0.717, 1.165) is 27.2 Å². The van der Waals surface area contributed by atoms with Gasteiger partial charge in [-0.15, -0.1) is 0 Å². The van der Waals surface area contributed by atoms with Crippen LogP contribution in [0.2, 0.25) is 0 Å². The van der Waals surface area contributed by atoms with Crippen LogP contribution in [0.25, 0.3) is 0 Å². The molecule has 3 nitrogen and oxygen atoms in total. The van der Waals surface area contributed by atoms with Crippen molar-refractivity contribution < 1.29 is 4.74 Å². The van der Waals surface area contributed by atoms with Crippen LogP contribution < -0.4 is 15.8 Å². The zero-order valence-corrected chi connectivity index (χ0v) is 13.4. The van der Waals surface area contributed by atoms with Crippen LogP contribution in [0.4, 0.5) is 11.4 Å². The molecular formula is C15H15BrN2OS. The van der Waals surface area contributed by atoms with E-state index in [0.29, 0.717) is 11.6 Å². The number of nitrogens with one attached hydrogen (secondary N) is 1. The first-order valence-electron chi connectivity index (χ1n) is 6.20. The van der Waals surface area contributed by atoms with E-state index in [1.807, 2.05) is 49.4 Å². The summed E-state index contributed by atoms with van der Waals surface area (Å²) in [7, 11) is 0. The quantitative estimate of drug-likeness (QED) is 0.792. The molecule has 2 aromatic carbocycles. The third kappa shape index (κ3) is 3.49. The van der Waals surface area contributed by atoms with Gasteiger partial charge in [-0.2, -0.15) is 0 Å². The van der Waals surface area contributed by atoms with Crippen LogP contribution in [0.1, 0.15) is 12.5 Å². The number of nitrogens with two attached hydrogens (primary N) is 1. The summed E-state index contributed by atoms with van der Waals surface area (Å²) in [6, 6.07) is 13.5. The Morgan fingerprint density at radius 2 is 2.05 bits per heavy atom. The molecule has 0 unspecified atom stereocenters. The molecule has 20 heavy (non-hydrogen) atoms. The molecular weight excluding hydrogens is 336 g/mol. The fraction of sp³-hybridized carbons (Fsp3) is 0.133.